The third-order valence-electron chi connectivity index (χ3n) is 2.78. The monoisotopic (exact) mass is 271 g/mol. The fourth-order valence-electron chi connectivity index (χ4n) is 1.81. The van der Waals surface area contributed by atoms with Crippen LogP contribution < -0.4 is 5.32 Å². The molecule has 0 saturated carbocycles. The van der Waals surface area contributed by atoms with E-state index in [2.05, 4.69) is 15.3 Å². The lowest BCUT2D eigenvalue weighted by atomic mass is 10.1. The van der Waals surface area contributed by atoms with E-state index in [1.165, 1.54) is 6.07 Å². The van der Waals surface area contributed by atoms with Crippen LogP contribution in [-0.4, -0.2) is 27.6 Å². The molecular formula is C15H17N3O2. The molecule has 0 amide bonds. The predicted molar refractivity (Wildman–Crippen MR) is 77.9 cm³/mol. The molecule has 0 radical (unpaired) electrons. The van der Waals surface area contributed by atoms with Gasteiger partial charge in [-0.15, -0.1) is 0 Å². The lowest BCUT2D eigenvalue weighted by molar-refractivity contribution is 0.0690. The number of aryl methyl sites for hydroxylation is 1. The van der Waals surface area contributed by atoms with Crippen LogP contribution in [0.3, 0.4) is 0 Å². The molecule has 0 spiro atoms. The van der Waals surface area contributed by atoms with Gasteiger partial charge in [-0.3, -0.25) is 0 Å². The standard InChI is InChI=1S/C15H17N3O2/c1-3-7-16-13-9-12(15(19)20)17-14(18-13)11-6-4-5-10(2)8-11/h4-6,8-9H,3,7H2,1-2H3,(H,19,20)(H,16,17,18). The summed E-state index contributed by atoms with van der Waals surface area (Å²) in [5.74, 6) is -0.0937. The minimum absolute atomic E-state index is 0.00453. The number of carboxylic acids is 1. The fraction of sp³-hybridized carbons (Fsp3) is 0.267. The Bertz CT molecular complexity index is 626. The maximum atomic E-state index is 11.2. The summed E-state index contributed by atoms with van der Waals surface area (Å²) in [6.07, 6.45) is 0.937. The van der Waals surface area contributed by atoms with Crippen LogP contribution in [0.25, 0.3) is 11.4 Å². The molecule has 0 aliphatic rings. The van der Waals surface area contributed by atoms with Gasteiger partial charge in [-0.25, -0.2) is 14.8 Å². The van der Waals surface area contributed by atoms with Gasteiger partial charge in [0.05, 0.1) is 0 Å². The van der Waals surface area contributed by atoms with E-state index in [0.717, 1.165) is 24.1 Å². The number of hydrogen-bond acceptors (Lipinski definition) is 4. The van der Waals surface area contributed by atoms with Crippen molar-refractivity contribution in [3.05, 3.63) is 41.6 Å². The number of rotatable bonds is 5. The van der Waals surface area contributed by atoms with Gasteiger partial charge >= 0.3 is 5.97 Å². The summed E-state index contributed by atoms with van der Waals surface area (Å²) in [6.45, 7) is 4.75. The van der Waals surface area contributed by atoms with Crippen molar-refractivity contribution < 1.29 is 9.90 Å². The molecule has 0 aliphatic carbocycles. The number of aromatic nitrogens is 2. The van der Waals surface area contributed by atoms with Crippen molar-refractivity contribution in [2.45, 2.75) is 20.3 Å². The lowest BCUT2D eigenvalue weighted by Crippen LogP contribution is -2.08. The first kappa shape index (κ1) is 14.0. The van der Waals surface area contributed by atoms with E-state index in [0.29, 0.717) is 11.6 Å². The number of anilines is 1. The number of aromatic carboxylic acids is 1. The summed E-state index contributed by atoms with van der Waals surface area (Å²) in [6, 6.07) is 9.14. The molecule has 0 atom stereocenters. The van der Waals surface area contributed by atoms with Gasteiger partial charge in [0, 0.05) is 18.2 Å². The molecule has 2 aromatic rings. The van der Waals surface area contributed by atoms with Crippen molar-refractivity contribution in [2.75, 3.05) is 11.9 Å². The lowest BCUT2D eigenvalue weighted by Gasteiger charge is -2.08. The molecule has 1 aromatic carbocycles. The molecule has 5 heteroatoms. The Morgan fingerprint density at radius 3 is 2.75 bits per heavy atom. The van der Waals surface area contributed by atoms with Crippen LogP contribution in [0.1, 0.15) is 29.4 Å². The van der Waals surface area contributed by atoms with Gasteiger partial charge in [-0.05, 0) is 19.4 Å². The van der Waals surface area contributed by atoms with Crippen LogP contribution in [-0.2, 0) is 0 Å². The molecular weight excluding hydrogens is 254 g/mol. The molecule has 2 rings (SSSR count). The molecule has 0 fully saturated rings. The second kappa shape index (κ2) is 6.14. The van der Waals surface area contributed by atoms with Crippen molar-refractivity contribution in [1.29, 1.82) is 0 Å². The second-order valence-corrected chi connectivity index (χ2v) is 4.56. The molecule has 5 nitrogen and oxygen atoms in total. The van der Waals surface area contributed by atoms with Crippen LogP contribution in [0, 0.1) is 6.92 Å². The van der Waals surface area contributed by atoms with Crippen LogP contribution in [0.15, 0.2) is 30.3 Å². The quantitative estimate of drug-likeness (QED) is 0.874. The fourth-order valence-corrected chi connectivity index (χ4v) is 1.81. The normalized spacial score (nSPS) is 10.3. The zero-order chi connectivity index (χ0) is 14.5. The maximum Gasteiger partial charge on any atom is 0.354 e. The molecule has 0 bridgehead atoms. The van der Waals surface area contributed by atoms with Crippen LogP contribution >= 0.6 is 0 Å². The zero-order valence-corrected chi connectivity index (χ0v) is 11.6. The molecule has 104 valence electrons. The summed E-state index contributed by atoms with van der Waals surface area (Å²) in [5.41, 5.74) is 1.89. The first-order valence-electron chi connectivity index (χ1n) is 6.53. The highest BCUT2D eigenvalue weighted by Gasteiger charge is 2.11. The van der Waals surface area contributed by atoms with E-state index in [1.54, 1.807) is 0 Å². The Balaban J connectivity index is 2.46. The van der Waals surface area contributed by atoms with Crippen LogP contribution in [0.2, 0.25) is 0 Å². The van der Waals surface area contributed by atoms with Crippen LogP contribution in [0.5, 0.6) is 0 Å². The smallest absolute Gasteiger partial charge is 0.354 e. The van der Waals surface area contributed by atoms with Gasteiger partial charge in [-0.2, -0.15) is 0 Å². The van der Waals surface area contributed by atoms with Crippen molar-refractivity contribution >= 4 is 11.8 Å². The largest absolute Gasteiger partial charge is 0.477 e. The summed E-state index contributed by atoms with van der Waals surface area (Å²) >= 11 is 0. The van der Waals surface area contributed by atoms with Gasteiger partial charge in [0.15, 0.2) is 11.5 Å². The minimum Gasteiger partial charge on any atom is -0.477 e. The Kier molecular flexibility index (Phi) is 4.30. The SMILES string of the molecule is CCCNc1cc(C(=O)O)nc(-c2cccc(C)c2)n1. The van der Waals surface area contributed by atoms with Crippen molar-refractivity contribution in [3.8, 4) is 11.4 Å². The summed E-state index contributed by atoms with van der Waals surface area (Å²) in [5, 5.41) is 12.2. The van der Waals surface area contributed by atoms with Crippen molar-refractivity contribution in [1.82, 2.24) is 9.97 Å². The average Bonchev–Trinajstić information content (AvgIpc) is 2.44. The molecule has 0 unspecified atom stereocenters. The maximum absolute atomic E-state index is 11.2. The number of hydrogen-bond donors (Lipinski definition) is 2. The van der Waals surface area contributed by atoms with E-state index < -0.39 is 5.97 Å². The summed E-state index contributed by atoms with van der Waals surface area (Å²) in [7, 11) is 0. The second-order valence-electron chi connectivity index (χ2n) is 4.56. The summed E-state index contributed by atoms with van der Waals surface area (Å²) in [4.78, 5) is 19.6. The van der Waals surface area contributed by atoms with Gasteiger partial charge < -0.3 is 10.4 Å². The number of nitrogens with one attached hydrogen (secondary N) is 1. The number of carboxylic acid groups (broad SMARTS) is 1. The van der Waals surface area contributed by atoms with Gasteiger partial charge in [0.25, 0.3) is 0 Å². The minimum atomic E-state index is -1.05. The number of carbonyl (C=O) groups is 1. The van der Waals surface area contributed by atoms with Gasteiger partial charge in [0.1, 0.15) is 5.82 Å². The molecule has 2 N–H and O–H groups in total. The Morgan fingerprint density at radius 2 is 2.10 bits per heavy atom. The van der Waals surface area contributed by atoms with Crippen molar-refractivity contribution in [3.63, 3.8) is 0 Å². The predicted octanol–water partition coefficient (Wildman–Crippen LogP) is 2.97. The summed E-state index contributed by atoms with van der Waals surface area (Å²) < 4.78 is 0. The average molecular weight is 271 g/mol. The molecule has 20 heavy (non-hydrogen) atoms. The number of nitrogens with zero attached hydrogens (tertiary/aromatic N) is 2. The molecule has 1 aromatic heterocycles. The van der Waals surface area contributed by atoms with E-state index in [9.17, 15) is 4.79 Å². The molecule has 1 heterocycles. The highest BCUT2D eigenvalue weighted by molar-refractivity contribution is 5.87. The molecule has 0 aliphatic heterocycles. The Morgan fingerprint density at radius 1 is 1.30 bits per heavy atom. The Hall–Kier alpha value is -2.43. The zero-order valence-electron chi connectivity index (χ0n) is 11.6. The molecule has 0 saturated heterocycles. The van der Waals surface area contributed by atoms with Crippen molar-refractivity contribution in [2.24, 2.45) is 0 Å². The third-order valence-corrected chi connectivity index (χ3v) is 2.78. The van der Waals surface area contributed by atoms with E-state index in [-0.39, 0.29) is 5.69 Å². The first-order valence-corrected chi connectivity index (χ1v) is 6.53. The van der Waals surface area contributed by atoms with E-state index in [4.69, 9.17) is 5.11 Å². The van der Waals surface area contributed by atoms with E-state index >= 15 is 0 Å². The van der Waals surface area contributed by atoms with Gasteiger partial charge in [-0.1, -0.05) is 30.7 Å². The Labute approximate surface area is 117 Å². The number of benzene rings is 1. The first-order chi connectivity index (χ1) is 9.60. The van der Waals surface area contributed by atoms with E-state index in [1.807, 2.05) is 38.1 Å². The topological polar surface area (TPSA) is 75.1 Å². The van der Waals surface area contributed by atoms with Crippen LogP contribution in [0.4, 0.5) is 5.82 Å². The highest BCUT2D eigenvalue weighted by atomic mass is 16.4. The highest BCUT2D eigenvalue weighted by Crippen LogP contribution is 2.19. The third kappa shape index (κ3) is 3.32. The van der Waals surface area contributed by atoms with Gasteiger partial charge in [0.2, 0.25) is 0 Å².